The Balaban J connectivity index is 2.74. The van der Waals surface area contributed by atoms with Crippen LogP contribution in [0.25, 0.3) is 0 Å². The minimum absolute atomic E-state index is 0.0672. The van der Waals surface area contributed by atoms with Crippen LogP contribution in [0.2, 0.25) is 0 Å². The molecular formula is C12H17NO5S. The van der Waals surface area contributed by atoms with Gasteiger partial charge in [0.05, 0.1) is 11.5 Å². The maximum atomic E-state index is 12.1. The molecule has 0 aliphatic heterocycles. The third-order valence-corrected chi connectivity index (χ3v) is 3.98. The number of carboxylic acid groups (broad SMARTS) is 1. The third-order valence-electron chi connectivity index (χ3n) is 2.42. The summed E-state index contributed by atoms with van der Waals surface area (Å²) >= 11 is 0. The minimum atomic E-state index is -3.63. The highest BCUT2D eigenvalue weighted by atomic mass is 32.2. The molecule has 0 radical (unpaired) electrons. The number of benzene rings is 1. The normalized spacial score (nSPS) is 11.4. The maximum Gasteiger partial charge on any atom is 0.303 e. The number of hydrogen-bond acceptors (Lipinski definition) is 4. The molecule has 0 spiro atoms. The summed E-state index contributed by atoms with van der Waals surface area (Å²) in [5.41, 5.74) is 0.565. The topological polar surface area (TPSA) is 92.7 Å². The van der Waals surface area contributed by atoms with Gasteiger partial charge in [0.25, 0.3) is 0 Å². The van der Waals surface area contributed by atoms with Gasteiger partial charge in [-0.3, -0.25) is 4.79 Å². The van der Waals surface area contributed by atoms with Crippen LogP contribution in [-0.2, 0) is 26.2 Å². The van der Waals surface area contributed by atoms with Gasteiger partial charge in [0.2, 0.25) is 10.0 Å². The molecule has 19 heavy (non-hydrogen) atoms. The van der Waals surface area contributed by atoms with Gasteiger partial charge in [0.15, 0.2) is 0 Å². The molecule has 0 aromatic heterocycles. The summed E-state index contributed by atoms with van der Waals surface area (Å²) in [6.07, 6.45) is 0.184. The van der Waals surface area contributed by atoms with Crippen molar-refractivity contribution in [3.8, 4) is 0 Å². The summed E-state index contributed by atoms with van der Waals surface area (Å²) in [5.74, 6) is -0.945. The number of hydrogen-bond donors (Lipinski definition) is 2. The van der Waals surface area contributed by atoms with Gasteiger partial charge in [0, 0.05) is 20.1 Å². The smallest absolute Gasteiger partial charge is 0.303 e. The first-order chi connectivity index (χ1) is 8.97. The van der Waals surface area contributed by atoms with E-state index in [1.807, 2.05) is 0 Å². The zero-order chi connectivity index (χ0) is 14.3. The van der Waals surface area contributed by atoms with Crippen LogP contribution in [0.1, 0.15) is 18.4 Å². The van der Waals surface area contributed by atoms with Crippen LogP contribution >= 0.6 is 0 Å². The average molecular weight is 287 g/mol. The van der Waals surface area contributed by atoms with Crippen molar-refractivity contribution in [2.75, 3.05) is 13.7 Å². The predicted molar refractivity (Wildman–Crippen MR) is 69.2 cm³/mol. The van der Waals surface area contributed by atoms with Crippen LogP contribution in [0.3, 0.4) is 0 Å². The third kappa shape index (κ3) is 4.98. The van der Waals surface area contributed by atoms with E-state index >= 15 is 0 Å². The van der Waals surface area contributed by atoms with Crippen LogP contribution in [-0.4, -0.2) is 33.1 Å². The van der Waals surface area contributed by atoms with Gasteiger partial charge in [0.1, 0.15) is 0 Å². The highest BCUT2D eigenvalue weighted by Gasteiger charge is 2.17. The molecule has 0 fully saturated rings. The Morgan fingerprint density at radius 1 is 1.37 bits per heavy atom. The second-order valence-electron chi connectivity index (χ2n) is 3.94. The molecule has 2 N–H and O–H groups in total. The van der Waals surface area contributed by atoms with E-state index < -0.39 is 16.0 Å². The SMILES string of the molecule is COCc1ccccc1S(=O)(=O)NCCCC(=O)O. The van der Waals surface area contributed by atoms with Crippen molar-refractivity contribution in [1.29, 1.82) is 0 Å². The van der Waals surface area contributed by atoms with Crippen LogP contribution in [0.4, 0.5) is 0 Å². The molecule has 1 aromatic carbocycles. The van der Waals surface area contributed by atoms with E-state index in [0.717, 1.165) is 0 Å². The lowest BCUT2D eigenvalue weighted by Crippen LogP contribution is -2.26. The fourth-order valence-electron chi connectivity index (χ4n) is 1.56. The van der Waals surface area contributed by atoms with Crippen LogP contribution in [0.5, 0.6) is 0 Å². The molecule has 0 unspecified atom stereocenters. The van der Waals surface area contributed by atoms with Gasteiger partial charge in [-0.2, -0.15) is 0 Å². The van der Waals surface area contributed by atoms with E-state index in [9.17, 15) is 13.2 Å². The van der Waals surface area contributed by atoms with E-state index in [1.165, 1.54) is 13.2 Å². The van der Waals surface area contributed by atoms with E-state index in [4.69, 9.17) is 9.84 Å². The molecule has 0 heterocycles. The number of aliphatic carboxylic acids is 1. The summed E-state index contributed by atoms with van der Waals surface area (Å²) in [6, 6.07) is 6.53. The first-order valence-corrected chi connectivity index (χ1v) is 7.24. The van der Waals surface area contributed by atoms with Crippen LogP contribution < -0.4 is 4.72 Å². The zero-order valence-corrected chi connectivity index (χ0v) is 11.4. The molecule has 1 aromatic rings. The van der Waals surface area contributed by atoms with Crippen LogP contribution in [0, 0.1) is 0 Å². The minimum Gasteiger partial charge on any atom is -0.481 e. The van der Waals surface area contributed by atoms with E-state index in [-0.39, 0.29) is 30.9 Å². The molecule has 0 aliphatic carbocycles. The van der Waals surface area contributed by atoms with Crippen molar-refractivity contribution < 1.29 is 23.1 Å². The Kier molecular flexibility index (Phi) is 5.94. The molecular weight excluding hydrogens is 270 g/mol. The molecule has 0 saturated carbocycles. The van der Waals surface area contributed by atoms with E-state index in [2.05, 4.69) is 4.72 Å². The molecule has 0 saturated heterocycles. The summed E-state index contributed by atoms with van der Waals surface area (Å²) < 4.78 is 31.5. The predicted octanol–water partition coefficient (Wildman–Crippen LogP) is 0.976. The highest BCUT2D eigenvalue weighted by Crippen LogP contribution is 2.16. The Labute approximate surface area is 112 Å². The Bertz CT molecular complexity index is 527. The number of carboxylic acids is 1. The van der Waals surface area contributed by atoms with Crippen molar-refractivity contribution in [3.05, 3.63) is 29.8 Å². The lowest BCUT2D eigenvalue weighted by atomic mass is 10.2. The Hall–Kier alpha value is -1.44. The average Bonchev–Trinajstić information content (AvgIpc) is 2.35. The highest BCUT2D eigenvalue weighted by molar-refractivity contribution is 7.89. The van der Waals surface area contributed by atoms with Gasteiger partial charge in [-0.1, -0.05) is 18.2 Å². The van der Waals surface area contributed by atoms with Gasteiger partial charge in [-0.15, -0.1) is 0 Å². The van der Waals surface area contributed by atoms with Gasteiger partial charge < -0.3 is 9.84 Å². The van der Waals surface area contributed by atoms with E-state index in [0.29, 0.717) is 5.56 Å². The number of methoxy groups -OCH3 is 1. The Morgan fingerprint density at radius 2 is 2.05 bits per heavy atom. The van der Waals surface area contributed by atoms with Crippen molar-refractivity contribution in [3.63, 3.8) is 0 Å². The first-order valence-electron chi connectivity index (χ1n) is 5.75. The molecule has 0 bridgehead atoms. The van der Waals surface area contributed by atoms with Gasteiger partial charge in [-0.05, 0) is 18.1 Å². The quantitative estimate of drug-likeness (QED) is 0.695. The van der Waals surface area contributed by atoms with Crippen molar-refractivity contribution in [1.82, 2.24) is 4.72 Å². The summed E-state index contributed by atoms with van der Waals surface area (Å²) in [5, 5.41) is 8.48. The van der Waals surface area contributed by atoms with Gasteiger partial charge in [-0.25, -0.2) is 13.1 Å². The lowest BCUT2D eigenvalue weighted by Gasteiger charge is -2.10. The molecule has 106 valence electrons. The number of nitrogens with one attached hydrogen (secondary N) is 1. The van der Waals surface area contributed by atoms with Gasteiger partial charge >= 0.3 is 5.97 Å². The van der Waals surface area contributed by atoms with Crippen molar-refractivity contribution in [2.24, 2.45) is 0 Å². The van der Waals surface area contributed by atoms with Crippen LogP contribution in [0.15, 0.2) is 29.2 Å². The standard InChI is InChI=1S/C12H17NO5S/c1-18-9-10-5-2-3-6-11(10)19(16,17)13-8-4-7-12(14)15/h2-3,5-6,13H,4,7-9H2,1H3,(H,14,15). The molecule has 7 heteroatoms. The van der Waals surface area contributed by atoms with Crippen molar-refractivity contribution in [2.45, 2.75) is 24.3 Å². The molecule has 0 atom stereocenters. The maximum absolute atomic E-state index is 12.1. The summed E-state index contributed by atoms with van der Waals surface area (Å²) in [4.78, 5) is 10.5. The van der Waals surface area contributed by atoms with Crippen molar-refractivity contribution >= 4 is 16.0 Å². The largest absolute Gasteiger partial charge is 0.481 e. The molecule has 1 rings (SSSR count). The zero-order valence-electron chi connectivity index (χ0n) is 10.6. The fraction of sp³-hybridized carbons (Fsp3) is 0.417. The first kappa shape index (κ1) is 15.6. The Morgan fingerprint density at radius 3 is 2.68 bits per heavy atom. The fourth-order valence-corrected chi connectivity index (χ4v) is 2.86. The molecule has 6 nitrogen and oxygen atoms in total. The molecule has 0 aliphatic rings. The number of rotatable bonds is 8. The second kappa shape index (κ2) is 7.22. The number of carbonyl (C=O) groups is 1. The summed E-state index contributed by atoms with van der Waals surface area (Å²) in [7, 11) is -2.14. The molecule has 0 amide bonds. The monoisotopic (exact) mass is 287 g/mol. The number of ether oxygens (including phenoxy) is 1. The summed E-state index contributed by atoms with van der Waals surface area (Å²) in [6.45, 7) is 0.294. The number of sulfonamides is 1. The lowest BCUT2D eigenvalue weighted by molar-refractivity contribution is -0.137. The second-order valence-corrected chi connectivity index (χ2v) is 5.67. The van der Waals surface area contributed by atoms with E-state index in [1.54, 1.807) is 18.2 Å².